The highest BCUT2D eigenvalue weighted by molar-refractivity contribution is 5.46. The average molecular weight is 220 g/mol. The molecule has 1 aliphatic heterocycles. The van der Waals surface area contributed by atoms with Crippen LogP contribution < -0.4 is 10.4 Å². The van der Waals surface area contributed by atoms with Gasteiger partial charge in [0.2, 0.25) is 0 Å². The Morgan fingerprint density at radius 3 is 2.56 bits per heavy atom. The molecule has 0 spiro atoms. The van der Waals surface area contributed by atoms with Crippen molar-refractivity contribution in [3.63, 3.8) is 0 Å². The topological polar surface area (TPSA) is 24.5 Å². The molecule has 2 rings (SSSR count). The first kappa shape index (κ1) is 11.4. The van der Waals surface area contributed by atoms with Gasteiger partial charge in [-0.2, -0.15) is 0 Å². The van der Waals surface area contributed by atoms with E-state index >= 15 is 0 Å². The van der Waals surface area contributed by atoms with Gasteiger partial charge in [0, 0.05) is 25.8 Å². The summed E-state index contributed by atoms with van der Waals surface area (Å²) in [5, 5.41) is 0. The van der Waals surface area contributed by atoms with Crippen molar-refractivity contribution in [3.05, 3.63) is 30.3 Å². The van der Waals surface area contributed by atoms with Crippen molar-refractivity contribution in [2.24, 2.45) is 5.92 Å². The van der Waals surface area contributed by atoms with E-state index in [4.69, 9.17) is 4.84 Å². The van der Waals surface area contributed by atoms with Gasteiger partial charge in [0.15, 0.2) is 0 Å². The standard InChI is InChI=1S/C13H20N2O/c1-14-16-11-12-7-9-15(10-8-12)13-5-3-2-4-6-13/h2-6,12,14H,7-11H2,1H3. The van der Waals surface area contributed by atoms with Crippen LogP contribution in [0.3, 0.4) is 0 Å². The number of nitrogens with one attached hydrogen (secondary N) is 1. The highest BCUT2D eigenvalue weighted by Gasteiger charge is 2.19. The van der Waals surface area contributed by atoms with E-state index in [1.165, 1.54) is 18.5 Å². The third kappa shape index (κ3) is 2.97. The third-order valence-corrected chi connectivity index (χ3v) is 3.20. The number of hydroxylamine groups is 1. The molecule has 0 saturated carbocycles. The normalized spacial score (nSPS) is 17.7. The fourth-order valence-electron chi connectivity index (χ4n) is 2.20. The lowest BCUT2D eigenvalue weighted by Gasteiger charge is -2.33. The van der Waals surface area contributed by atoms with Crippen LogP contribution in [0.15, 0.2) is 30.3 Å². The molecule has 1 aromatic carbocycles. The Morgan fingerprint density at radius 2 is 1.94 bits per heavy atom. The molecule has 0 amide bonds. The molecule has 1 N–H and O–H groups in total. The fourth-order valence-corrected chi connectivity index (χ4v) is 2.20. The van der Waals surface area contributed by atoms with Crippen molar-refractivity contribution in [1.29, 1.82) is 0 Å². The van der Waals surface area contributed by atoms with Gasteiger partial charge in [-0.05, 0) is 30.9 Å². The van der Waals surface area contributed by atoms with Crippen molar-refractivity contribution in [2.75, 3.05) is 31.6 Å². The first-order valence-corrected chi connectivity index (χ1v) is 5.98. The van der Waals surface area contributed by atoms with Crippen LogP contribution in [0.25, 0.3) is 0 Å². The quantitative estimate of drug-likeness (QED) is 0.786. The summed E-state index contributed by atoms with van der Waals surface area (Å²) >= 11 is 0. The number of piperidine rings is 1. The molecule has 0 bridgehead atoms. The summed E-state index contributed by atoms with van der Waals surface area (Å²) < 4.78 is 0. The van der Waals surface area contributed by atoms with Gasteiger partial charge in [0.25, 0.3) is 0 Å². The first-order valence-electron chi connectivity index (χ1n) is 5.98. The van der Waals surface area contributed by atoms with E-state index < -0.39 is 0 Å². The largest absolute Gasteiger partial charge is 0.372 e. The Bertz CT molecular complexity index is 294. The zero-order chi connectivity index (χ0) is 11.2. The molecule has 3 nitrogen and oxygen atoms in total. The van der Waals surface area contributed by atoms with Gasteiger partial charge in [-0.3, -0.25) is 0 Å². The van der Waals surface area contributed by atoms with Crippen LogP contribution in [0.2, 0.25) is 0 Å². The average Bonchev–Trinajstić information content (AvgIpc) is 2.38. The third-order valence-electron chi connectivity index (χ3n) is 3.20. The van der Waals surface area contributed by atoms with Gasteiger partial charge in [-0.15, -0.1) is 0 Å². The molecular weight excluding hydrogens is 200 g/mol. The van der Waals surface area contributed by atoms with Crippen LogP contribution >= 0.6 is 0 Å². The molecule has 0 radical (unpaired) electrons. The summed E-state index contributed by atoms with van der Waals surface area (Å²) in [4.78, 5) is 7.70. The van der Waals surface area contributed by atoms with Crippen LogP contribution in [-0.4, -0.2) is 26.7 Å². The highest BCUT2D eigenvalue weighted by Crippen LogP contribution is 2.22. The van der Waals surface area contributed by atoms with Crippen LogP contribution in [0.4, 0.5) is 5.69 Å². The maximum Gasteiger partial charge on any atom is 0.0711 e. The Kier molecular flexibility index (Phi) is 4.19. The second kappa shape index (κ2) is 5.87. The predicted molar refractivity (Wildman–Crippen MR) is 66.4 cm³/mol. The minimum atomic E-state index is 0.701. The van der Waals surface area contributed by atoms with Gasteiger partial charge in [0.05, 0.1) is 6.61 Å². The molecule has 0 aromatic heterocycles. The number of benzene rings is 1. The maximum absolute atomic E-state index is 5.25. The Labute approximate surface area is 97.4 Å². The second-order valence-electron chi connectivity index (χ2n) is 4.28. The highest BCUT2D eigenvalue weighted by atomic mass is 16.6. The fraction of sp³-hybridized carbons (Fsp3) is 0.538. The lowest BCUT2D eigenvalue weighted by molar-refractivity contribution is 0.0260. The van der Waals surface area contributed by atoms with Gasteiger partial charge in [-0.1, -0.05) is 18.2 Å². The molecule has 1 fully saturated rings. The molecule has 1 heterocycles. The summed E-state index contributed by atoms with van der Waals surface area (Å²) in [6, 6.07) is 10.6. The van der Waals surface area contributed by atoms with Crippen molar-refractivity contribution < 1.29 is 4.84 Å². The first-order chi connectivity index (χ1) is 7.90. The Balaban J connectivity index is 1.81. The van der Waals surface area contributed by atoms with Crippen molar-refractivity contribution in [3.8, 4) is 0 Å². The van der Waals surface area contributed by atoms with E-state index in [1.54, 1.807) is 0 Å². The van der Waals surface area contributed by atoms with E-state index in [0.29, 0.717) is 5.92 Å². The summed E-state index contributed by atoms with van der Waals surface area (Å²) in [6.45, 7) is 3.11. The number of rotatable bonds is 4. The molecule has 1 aromatic rings. The van der Waals surface area contributed by atoms with E-state index in [2.05, 4.69) is 40.7 Å². The molecule has 3 heteroatoms. The Hall–Kier alpha value is -1.06. The van der Waals surface area contributed by atoms with Crippen LogP contribution in [0, 0.1) is 5.92 Å². The summed E-state index contributed by atoms with van der Waals surface area (Å²) in [5.74, 6) is 0.701. The molecule has 1 aliphatic rings. The lowest BCUT2D eigenvalue weighted by Crippen LogP contribution is -2.35. The SMILES string of the molecule is CNOCC1CCN(c2ccccc2)CC1. The number of hydrogen-bond donors (Lipinski definition) is 1. The number of para-hydroxylation sites is 1. The molecular formula is C13H20N2O. The minimum absolute atomic E-state index is 0.701. The van der Waals surface area contributed by atoms with Gasteiger partial charge in [-0.25, -0.2) is 5.48 Å². The number of anilines is 1. The van der Waals surface area contributed by atoms with E-state index in [9.17, 15) is 0 Å². The zero-order valence-corrected chi connectivity index (χ0v) is 9.86. The molecule has 0 atom stereocenters. The van der Waals surface area contributed by atoms with Crippen molar-refractivity contribution in [2.45, 2.75) is 12.8 Å². The number of hydrogen-bond acceptors (Lipinski definition) is 3. The molecule has 88 valence electrons. The van der Waals surface area contributed by atoms with E-state index in [-0.39, 0.29) is 0 Å². The van der Waals surface area contributed by atoms with E-state index in [0.717, 1.165) is 19.7 Å². The number of nitrogens with zero attached hydrogens (tertiary/aromatic N) is 1. The molecule has 1 saturated heterocycles. The minimum Gasteiger partial charge on any atom is -0.372 e. The summed E-state index contributed by atoms with van der Waals surface area (Å²) in [7, 11) is 1.82. The van der Waals surface area contributed by atoms with Crippen molar-refractivity contribution >= 4 is 5.69 Å². The maximum atomic E-state index is 5.25. The van der Waals surface area contributed by atoms with Gasteiger partial charge in [0.1, 0.15) is 0 Å². The lowest BCUT2D eigenvalue weighted by atomic mass is 9.97. The summed E-state index contributed by atoms with van der Waals surface area (Å²) in [5.41, 5.74) is 4.09. The Morgan fingerprint density at radius 1 is 1.25 bits per heavy atom. The van der Waals surface area contributed by atoms with Crippen LogP contribution in [0.1, 0.15) is 12.8 Å². The zero-order valence-electron chi connectivity index (χ0n) is 9.86. The second-order valence-corrected chi connectivity index (χ2v) is 4.28. The van der Waals surface area contributed by atoms with Crippen LogP contribution in [-0.2, 0) is 4.84 Å². The molecule has 0 aliphatic carbocycles. The van der Waals surface area contributed by atoms with Gasteiger partial charge >= 0.3 is 0 Å². The van der Waals surface area contributed by atoms with E-state index in [1.807, 2.05) is 7.05 Å². The summed E-state index contributed by atoms with van der Waals surface area (Å²) in [6.07, 6.45) is 2.44. The molecule has 16 heavy (non-hydrogen) atoms. The predicted octanol–water partition coefficient (Wildman–Crippen LogP) is 2.05. The van der Waals surface area contributed by atoms with Crippen LogP contribution in [0.5, 0.6) is 0 Å². The monoisotopic (exact) mass is 220 g/mol. The molecule has 0 unspecified atom stereocenters. The van der Waals surface area contributed by atoms with Gasteiger partial charge < -0.3 is 9.74 Å². The van der Waals surface area contributed by atoms with Crippen molar-refractivity contribution in [1.82, 2.24) is 5.48 Å². The smallest absolute Gasteiger partial charge is 0.0711 e.